The number of fused-ring (bicyclic) bond motifs is 5. The van der Waals surface area contributed by atoms with E-state index in [1.54, 1.807) is 5.56 Å². The molecule has 6 fully saturated rings. The SMILES string of the molecule is Cc1cc(C(C)(C)C)cc(-c2c3ccc(CC4CCCC4)cc3cc(C)[n+]2C)c1C.Cc1cc(C(C)C)cc(-c2c3ccc(CC4CCCC4)cc3cc(C)[n+]2C)c1C.Cc1cc(C)c(C)c(-c2c3ccc(CC4CCCC4)cc3cc(C)[n+]2C)c1.Cc1cc(C2CCCC2)cc(-c2c3ccc(CC4CCCC4)cc3cc(C)[n+]2C)c1C.Cc1ccc(C)c(-c2c3ccc(CC4CCCC4)cc3cc(C)[n+]2C)c1. The summed E-state index contributed by atoms with van der Waals surface area (Å²) in [4.78, 5) is 0. The maximum Gasteiger partial charge on any atom is 0.220 e. The van der Waals surface area contributed by atoms with Gasteiger partial charge in [-0.05, 0) is 350 Å². The first-order valence-corrected chi connectivity index (χ1v) is 56.1. The number of nitrogens with zero attached hydrogens (tertiary/aromatic N) is 5. The third kappa shape index (κ3) is 23.2. The number of pyridine rings is 5. The summed E-state index contributed by atoms with van der Waals surface area (Å²) in [6, 6.07) is 73.9. The minimum absolute atomic E-state index is 0.139. The van der Waals surface area contributed by atoms with Crippen molar-refractivity contribution in [2.45, 2.75) is 349 Å². The molecule has 0 atom stereocenters. The van der Waals surface area contributed by atoms with Crippen LogP contribution >= 0.6 is 0 Å². The molecule has 10 aromatic carbocycles. The van der Waals surface area contributed by atoms with Crippen LogP contribution in [0.1, 0.15) is 335 Å². The lowest BCUT2D eigenvalue weighted by molar-refractivity contribution is -0.665. The van der Waals surface area contributed by atoms with Crippen molar-refractivity contribution >= 4 is 53.9 Å². The van der Waals surface area contributed by atoms with E-state index >= 15 is 0 Å². The summed E-state index contributed by atoms with van der Waals surface area (Å²) >= 11 is 0. The summed E-state index contributed by atoms with van der Waals surface area (Å²) < 4.78 is 11.9. The van der Waals surface area contributed by atoms with E-state index in [4.69, 9.17) is 0 Å². The van der Waals surface area contributed by atoms with Gasteiger partial charge in [-0.2, -0.15) is 22.8 Å². The van der Waals surface area contributed by atoms with E-state index in [0.29, 0.717) is 5.92 Å². The zero-order chi connectivity index (χ0) is 101. The third-order valence-electron chi connectivity index (χ3n) is 35.9. The fourth-order valence-electron chi connectivity index (χ4n) is 26.0. The van der Waals surface area contributed by atoms with Gasteiger partial charge in [0.15, 0.2) is 28.5 Å². The van der Waals surface area contributed by atoms with Gasteiger partial charge in [0.2, 0.25) is 28.5 Å². The summed E-state index contributed by atoms with van der Waals surface area (Å²) in [5, 5.41) is 13.8. The summed E-state index contributed by atoms with van der Waals surface area (Å²) in [5.74, 6) is 5.74. The van der Waals surface area contributed by atoms with Gasteiger partial charge in [0, 0.05) is 70.5 Å². The van der Waals surface area contributed by atoms with Crippen LogP contribution in [0.4, 0.5) is 0 Å². The lowest BCUT2D eigenvalue weighted by Crippen LogP contribution is -2.35. The zero-order valence-electron chi connectivity index (χ0n) is 93.2. The number of aryl methyl sites for hydroxylation is 12. The van der Waals surface area contributed by atoms with Gasteiger partial charge in [0.05, 0.1) is 49.2 Å². The molecule has 0 radical (unpaired) electrons. The highest BCUT2D eigenvalue weighted by molar-refractivity contribution is 5.99. The number of benzene rings is 10. The lowest BCUT2D eigenvalue weighted by atomic mass is 9.82. The Morgan fingerprint density at radius 1 is 0.245 bits per heavy atom. The summed E-state index contributed by atoms with van der Waals surface area (Å²) in [5.41, 5.74) is 47.5. The molecule has 0 spiro atoms. The average Bonchev–Trinajstić information content (AvgIpc) is 1.20. The molecular weight excluding hydrogens is 1730 g/mol. The second kappa shape index (κ2) is 44.7. The average molecular weight is 1900 g/mol. The monoisotopic (exact) mass is 1900 g/mol. The van der Waals surface area contributed by atoms with E-state index in [9.17, 15) is 0 Å². The van der Waals surface area contributed by atoms with Gasteiger partial charge >= 0.3 is 0 Å². The highest BCUT2D eigenvalue weighted by Gasteiger charge is 2.33. The third-order valence-corrected chi connectivity index (χ3v) is 35.9. The Morgan fingerprint density at radius 3 is 0.825 bits per heavy atom. The maximum atomic E-state index is 2.53. The molecule has 0 N–H and O–H groups in total. The molecule has 5 nitrogen and oxygen atoms in total. The zero-order valence-corrected chi connectivity index (χ0v) is 93.2. The van der Waals surface area contributed by atoms with Crippen LogP contribution in [0.25, 0.3) is 110 Å². The molecule has 6 aliphatic rings. The number of hydrogen-bond donors (Lipinski definition) is 0. The first-order chi connectivity index (χ1) is 68.5. The van der Waals surface area contributed by atoms with E-state index in [1.807, 2.05) is 0 Å². The van der Waals surface area contributed by atoms with Crippen molar-refractivity contribution in [3.8, 4) is 56.3 Å². The Balaban J connectivity index is 0.000000123. The lowest BCUT2D eigenvalue weighted by Gasteiger charge is -2.22. The molecule has 0 bridgehead atoms. The summed E-state index contributed by atoms with van der Waals surface area (Å²) in [6.07, 6.45) is 40.0. The molecule has 0 aliphatic heterocycles. The number of hydrogen-bond acceptors (Lipinski definition) is 0. The molecule has 6 saturated carbocycles. The molecule has 0 unspecified atom stereocenters. The highest BCUT2D eigenvalue weighted by Crippen LogP contribution is 2.45. The maximum absolute atomic E-state index is 2.53. The van der Waals surface area contributed by atoms with E-state index in [1.165, 1.54) is 425 Å². The van der Waals surface area contributed by atoms with Crippen LogP contribution in [0.2, 0.25) is 0 Å². The molecule has 5 aromatic heterocycles. The Labute approximate surface area is 862 Å². The quantitative estimate of drug-likeness (QED) is 0.0810. The largest absolute Gasteiger partial charge is 0.220 e. The minimum atomic E-state index is 0.139. The van der Waals surface area contributed by atoms with Gasteiger partial charge < -0.3 is 0 Å². The second-order valence-electron chi connectivity index (χ2n) is 47.8. The van der Waals surface area contributed by atoms with Crippen LogP contribution < -0.4 is 22.8 Å². The van der Waals surface area contributed by atoms with Gasteiger partial charge in [-0.3, -0.25) is 0 Å². The van der Waals surface area contributed by atoms with Crippen LogP contribution in [0.15, 0.2) is 188 Å². The van der Waals surface area contributed by atoms with E-state index in [2.05, 4.69) is 392 Å². The van der Waals surface area contributed by atoms with Gasteiger partial charge in [-0.1, -0.05) is 284 Å². The smallest absolute Gasteiger partial charge is 0.198 e. The molecule has 21 rings (SSSR count). The standard InChI is InChI=1S/C30H38N.C29H38N.C28H36N.C26H32N.C25H30N/c1-20-15-26(25-11-7-8-12-25)19-29(22(20)3)30-28-14-13-24(17-23-9-5-6-10-23)18-27(28)16-21(2)31(30)4;1-19-14-25(29(4,5)6)18-27(21(19)3)28-26-13-12-23(16-22-10-8-9-11-22)17-24(26)15-20(2)30(28)7;1-18(2)24-13-19(3)21(5)27(17-24)28-26-12-11-23(15-22-9-7-8-10-22)16-25(26)14-20(4)29(28)6;1-17-12-18(2)20(4)25(13-17)26-24-11-10-22(15-21-8-6-7-9-21)16-23(24)14-19(3)27(26)5;1-17-9-10-18(2)24(13-17)25-23-12-11-21(15-20-7-5-6-8-20)16-22(23)14-19(3)26(25)4/h13-16,18-19,23,25H,5-12,17H2,1-4H3;12-15,17-18,22H,8-11,16H2,1-7H3;11-14,16-18,22H,7-10,15H2,1-6H3;10-14,16,21H,6-9,15H2,1-5H3;9-14,16,20H,5-8,15H2,1-4H3/q5*+1. The Bertz CT molecular complexity index is 7220. The minimum Gasteiger partial charge on any atom is -0.198 e. The van der Waals surface area contributed by atoms with Gasteiger partial charge in [-0.15, -0.1) is 0 Å². The van der Waals surface area contributed by atoms with Gasteiger partial charge in [-0.25, -0.2) is 0 Å². The van der Waals surface area contributed by atoms with Crippen molar-refractivity contribution in [2.75, 3.05) is 0 Å². The van der Waals surface area contributed by atoms with E-state index < -0.39 is 0 Å². The van der Waals surface area contributed by atoms with Crippen molar-refractivity contribution in [1.82, 2.24) is 0 Å². The molecule has 6 aliphatic carbocycles. The van der Waals surface area contributed by atoms with Crippen molar-refractivity contribution in [3.05, 3.63) is 322 Å². The van der Waals surface area contributed by atoms with Gasteiger partial charge in [0.1, 0.15) is 35.2 Å². The predicted octanol–water partition coefficient (Wildman–Crippen LogP) is 34.3. The molecule has 746 valence electrons. The van der Waals surface area contributed by atoms with Crippen LogP contribution in [0.5, 0.6) is 0 Å². The van der Waals surface area contributed by atoms with Crippen molar-refractivity contribution < 1.29 is 22.8 Å². The van der Waals surface area contributed by atoms with Crippen molar-refractivity contribution in [2.24, 2.45) is 64.8 Å². The van der Waals surface area contributed by atoms with Crippen molar-refractivity contribution in [1.29, 1.82) is 0 Å². The fourth-order valence-corrected chi connectivity index (χ4v) is 26.0. The second-order valence-corrected chi connectivity index (χ2v) is 47.8. The molecule has 0 saturated heterocycles. The first-order valence-electron chi connectivity index (χ1n) is 56.1. The molecule has 15 aromatic rings. The van der Waals surface area contributed by atoms with Crippen molar-refractivity contribution in [3.63, 3.8) is 0 Å². The summed E-state index contributed by atoms with van der Waals surface area (Å²) in [6.45, 7) is 47.4. The Kier molecular flexibility index (Phi) is 32.4. The Morgan fingerprint density at radius 2 is 0.510 bits per heavy atom. The number of aromatic nitrogens is 5. The highest BCUT2D eigenvalue weighted by atomic mass is 15.0. The molecular formula is C138H174N5+5. The summed E-state index contributed by atoms with van der Waals surface area (Å²) in [7, 11) is 11.1. The van der Waals surface area contributed by atoms with Crippen LogP contribution in [0.3, 0.4) is 0 Å². The predicted molar refractivity (Wildman–Crippen MR) is 611 cm³/mol. The van der Waals surface area contributed by atoms with E-state index in [-0.39, 0.29) is 5.41 Å². The fraction of sp³-hybridized carbons (Fsp3) is 0.457. The Hall–Kier alpha value is -10.8. The van der Waals surface area contributed by atoms with Crippen LogP contribution in [0, 0.1) is 140 Å². The topological polar surface area (TPSA) is 19.4 Å². The molecule has 5 heteroatoms. The first kappa shape index (κ1) is 104. The van der Waals surface area contributed by atoms with E-state index in [0.717, 1.165) is 35.5 Å². The normalized spacial score (nSPS) is 15.7. The van der Waals surface area contributed by atoms with Crippen LogP contribution in [-0.4, -0.2) is 0 Å². The number of rotatable bonds is 17. The van der Waals surface area contributed by atoms with Crippen LogP contribution in [-0.2, 0) is 72.8 Å². The molecule has 143 heavy (non-hydrogen) atoms. The molecule has 0 amide bonds. The van der Waals surface area contributed by atoms with Gasteiger partial charge in [0.25, 0.3) is 0 Å². The molecule has 5 heterocycles.